The lowest BCUT2D eigenvalue weighted by atomic mass is 9.56. The van der Waals surface area contributed by atoms with Crippen LogP contribution in [0.1, 0.15) is 55.6 Å². The summed E-state index contributed by atoms with van der Waals surface area (Å²) in [4.78, 5) is 63.8. The van der Waals surface area contributed by atoms with E-state index >= 15 is 0 Å². The lowest BCUT2D eigenvalue weighted by Gasteiger charge is -2.50. The highest BCUT2D eigenvalue weighted by molar-refractivity contribution is 9.09. The molecule has 0 aromatic heterocycles. The summed E-state index contributed by atoms with van der Waals surface area (Å²) in [5.41, 5.74) is 1.72. The van der Waals surface area contributed by atoms with Gasteiger partial charge in [0.05, 0.1) is 17.3 Å². The number of nitrogens with zero attached hydrogens (tertiary/aromatic N) is 2. The Morgan fingerprint density at radius 3 is 2.42 bits per heavy atom. The van der Waals surface area contributed by atoms with E-state index in [-0.39, 0.29) is 48.8 Å². The van der Waals surface area contributed by atoms with Crippen LogP contribution < -0.4 is 0 Å². The van der Waals surface area contributed by atoms with Gasteiger partial charge in [-0.2, -0.15) is 0 Å². The zero-order valence-corrected chi connectivity index (χ0v) is 24.8. The van der Waals surface area contributed by atoms with Crippen LogP contribution in [-0.2, 0) is 24.0 Å². The molecule has 2 aliphatic heterocycles. The maximum atomic E-state index is 13.8. The van der Waals surface area contributed by atoms with E-state index in [4.69, 9.17) is 28.3 Å². The number of fused-ring (bicyclic) bond motifs is 4. The average molecular weight is 656 g/mol. The van der Waals surface area contributed by atoms with Crippen LogP contribution in [0.25, 0.3) is 0 Å². The molecule has 0 unspecified atom stereocenters. The van der Waals surface area contributed by atoms with Crippen molar-refractivity contribution in [1.82, 2.24) is 9.80 Å². The number of aryl methyl sites for hydroxylation is 1. The summed E-state index contributed by atoms with van der Waals surface area (Å²) in [6.07, 6.45) is 3.59. The minimum Gasteiger partial charge on any atom is -0.508 e. The fourth-order valence-corrected chi connectivity index (χ4v) is 8.42. The predicted octanol–water partition coefficient (Wildman–Crippen LogP) is 4.06. The molecule has 0 radical (unpaired) electrons. The van der Waals surface area contributed by atoms with E-state index in [0.29, 0.717) is 36.0 Å². The molecule has 4 aliphatic rings. The minimum atomic E-state index is -1.88. The van der Waals surface area contributed by atoms with Crippen LogP contribution >= 0.6 is 39.1 Å². The van der Waals surface area contributed by atoms with Crippen LogP contribution in [-0.4, -0.2) is 71.4 Å². The fraction of sp³-hybridized carbons (Fsp3) is 0.536. The first-order chi connectivity index (χ1) is 18.9. The third-order valence-electron chi connectivity index (χ3n) is 8.93. The average Bonchev–Trinajstić information content (AvgIpc) is 3.23. The van der Waals surface area contributed by atoms with Crippen LogP contribution in [0.4, 0.5) is 0 Å². The number of phenolic OH excluding ortho intramolecular Hbond substituents is 1. The number of benzene rings is 1. The molecule has 2 saturated heterocycles. The largest absolute Gasteiger partial charge is 0.508 e. The van der Waals surface area contributed by atoms with Crippen LogP contribution in [0.2, 0.25) is 0 Å². The summed E-state index contributed by atoms with van der Waals surface area (Å²) in [6.45, 7) is 1.90. The maximum absolute atomic E-state index is 13.8. The first-order valence-electron chi connectivity index (χ1n) is 13.2. The number of amides is 4. The summed E-state index contributed by atoms with van der Waals surface area (Å²) >= 11 is 17.6. The van der Waals surface area contributed by atoms with Crippen LogP contribution in [0.15, 0.2) is 29.8 Å². The minimum absolute atomic E-state index is 0.0246. The van der Waals surface area contributed by atoms with Gasteiger partial charge in [-0.05, 0) is 55.7 Å². The van der Waals surface area contributed by atoms with E-state index in [9.17, 15) is 29.1 Å². The van der Waals surface area contributed by atoms with Gasteiger partial charge in [0.15, 0.2) is 9.75 Å². The number of carboxylic acids is 1. The molecule has 1 aromatic rings. The highest BCUT2D eigenvalue weighted by Crippen LogP contribution is 2.65. The molecule has 0 bridgehead atoms. The normalized spacial score (nSPS) is 33.1. The molecular weight excluding hydrogens is 627 g/mol. The highest BCUT2D eigenvalue weighted by Gasteiger charge is 2.76. The summed E-state index contributed by atoms with van der Waals surface area (Å²) in [5, 5.41) is 19.0. The number of likely N-dealkylation sites (tertiary alicyclic amines) is 2. The third kappa shape index (κ3) is 4.12. The maximum Gasteiger partial charge on any atom is 0.303 e. The summed E-state index contributed by atoms with van der Waals surface area (Å²) in [5.74, 6) is -5.63. The SMILES string of the molecule is Cc1cc([C@H]2C3=CC[C@@H]4C(=O)N(CCCCCC(=O)O)C(=O)[C@@H]4[C@@H]3C[C@@]3(Cl)C(=O)N(CBr)C(=O)[C@@]23Cl)ccc1O. The van der Waals surface area contributed by atoms with Crippen molar-refractivity contribution >= 4 is 68.7 Å². The first kappa shape index (κ1) is 29.1. The van der Waals surface area contributed by atoms with Crippen molar-refractivity contribution in [2.75, 3.05) is 12.0 Å². The first-order valence-corrected chi connectivity index (χ1v) is 15.1. The topological polar surface area (TPSA) is 132 Å². The number of carbonyl (C=O) groups is 5. The Morgan fingerprint density at radius 2 is 1.77 bits per heavy atom. The third-order valence-corrected chi connectivity index (χ3v) is 10.8. The molecule has 4 amide bonds. The number of alkyl halides is 3. The zero-order chi connectivity index (χ0) is 29.1. The summed E-state index contributed by atoms with van der Waals surface area (Å²) in [6, 6.07) is 4.84. The molecule has 2 heterocycles. The molecule has 1 aromatic carbocycles. The summed E-state index contributed by atoms with van der Waals surface area (Å²) in [7, 11) is 0. The van der Waals surface area contributed by atoms with Crippen molar-refractivity contribution in [3.8, 4) is 5.75 Å². The summed E-state index contributed by atoms with van der Waals surface area (Å²) < 4.78 is 0. The van der Waals surface area contributed by atoms with Gasteiger partial charge in [0.2, 0.25) is 11.8 Å². The number of phenols is 1. The van der Waals surface area contributed by atoms with Crippen molar-refractivity contribution in [2.24, 2.45) is 17.8 Å². The second-order valence-corrected chi connectivity index (χ2v) is 12.8. The molecule has 40 heavy (non-hydrogen) atoms. The monoisotopic (exact) mass is 654 g/mol. The van der Waals surface area contributed by atoms with Gasteiger partial charge in [-0.25, -0.2) is 0 Å². The number of halogens is 3. The number of rotatable bonds is 8. The Labute approximate surface area is 249 Å². The Balaban J connectivity index is 1.54. The smallest absolute Gasteiger partial charge is 0.303 e. The second-order valence-electron chi connectivity index (χ2n) is 11.1. The number of carbonyl (C=O) groups excluding carboxylic acids is 4. The van der Waals surface area contributed by atoms with Gasteiger partial charge in [-0.15, -0.1) is 23.2 Å². The van der Waals surface area contributed by atoms with Gasteiger partial charge >= 0.3 is 5.97 Å². The van der Waals surface area contributed by atoms with Crippen molar-refractivity contribution in [3.63, 3.8) is 0 Å². The molecule has 1 saturated carbocycles. The quantitative estimate of drug-likeness (QED) is 0.142. The van der Waals surface area contributed by atoms with E-state index in [1.54, 1.807) is 19.1 Å². The molecular formula is C28H29BrCl2N2O7. The van der Waals surface area contributed by atoms with E-state index < -0.39 is 51.2 Å². The number of hydrogen-bond donors (Lipinski definition) is 2. The van der Waals surface area contributed by atoms with Crippen molar-refractivity contribution in [1.29, 1.82) is 0 Å². The van der Waals surface area contributed by atoms with E-state index in [1.165, 1.54) is 11.0 Å². The molecule has 9 nitrogen and oxygen atoms in total. The molecule has 0 spiro atoms. The molecule has 2 N–H and O–H groups in total. The van der Waals surface area contributed by atoms with Gasteiger partial charge in [0, 0.05) is 18.9 Å². The number of allylic oxidation sites excluding steroid dienone is 2. The Bertz CT molecular complexity index is 1350. The Hall–Kier alpha value is -2.43. The van der Waals surface area contributed by atoms with Gasteiger partial charge in [0.1, 0.15) is 5.75 Å². The fourth-order valence-electron chi connectivity index (χ4n) is 6.99. The molecule has 214 valence electrons. The number of imide groups is 2. The molecule has 2 aliphatic carbocycles. The number of aliphatic carboxylic acids is 1. The molecule has 3 fully saturated rings. The zero-order valence-electron chi connectivity index (χ0n) is 21.7. The van der Waals surface area contributed by atoms with Crippen LogP contribution in [0.3, 0.4) is 0 Å². The molecule has 12 heteroatoms. The van der Waals surface area contributed by atoms with Gasteiger partial charge < -0.3 is 10.2 Å². The number of hydrogen-bond acceptors (Lipinski definition) is 6. The number of aromatic hydroxyl groups is 1. The highest BCUT2D eigenvalue weighted by atomic mass is 79.9. The number of unbranched alkanes of at least 4 members (excludes halogenated alkanes) is 2. The molecule has 6 atom stereocenters. The van der Waals surface area contributed by atoms with Gasteiger partial charge in [-0.3, -0.25) is 33.8 Å². The van der Waals surface area contributed by atoms with Gasteiger partial charge in [-0.1, -0.05) is 46.1 Å². The van der Waals surface area contributed by atoms with E-state index in [0.717, 1.165) is 4.90 Å². The van der Waals surface area contributed by atoms with Crippen LogP contribution in [0, 0.1) is 24.7 Å². The Kier molecular flexibility index (Phi) is 7.59. The standard InChI is InChI=1S/C28H29BrCl2N2O7/c1-14-11-15(6-9-19(14)34)22-16-7-8-17-21(24(38)32(23(17)37)10-4-2-3-5-20(35)36)18(16)12-27(30)25(39)33(13-29)26(40)28(22,27)31/h6-7,9,11,17-18,21-22,34H,2-5,8,10,12-13H2,1H3,(H,35,36)/t17-,18+,21-,22-,27+,28-/m0/s1. The lowest BCUT2D eigenvalue weighted by Crippen LogP contribution is -2.60. The number of carboxylic acid groups (broad SMARTS) is 1. The van der Waals surface area contributed by atoms with Gasteiger partial charge in [0.25, 0.3) is 11.8 Å². The predicted molar refractivity (Wildman–Crippen MR) is 149 cm³/mol. The molecule has 5 rings (SSSR count). The van der Waals surface area contributed by atoms with Crippen molar-refractivity contribution in [3.05, 3.63) is 41.0 Å². The van der Waals surface area contributed by atoms with E-state index in [1.807, 2.05) is 6.08 Å². The van der Waals surface area contributed by atoms with Crippen molar-refractivity contribution < 1.29 is 34.2 Å². The van der Waals surface area contributed by atoms with Crippen molar-refractivity contribution in [2.45, 2.75) is 61.1 Å². The second kappa shape index (κ2) is 10.4. The lowest BCUT2D eigenvalue weighted by molar-refractivity contribution is -0.141. The van der Waals surface area contributed by atoms with E-state index in [2.05, 4.69) is 15.9 Å². The Morgan fingerprint density at radius 1 is 1.05 bits per heavy atom. The van der Waals surface area contributed by atoms with Crippen LogP contribution in [0.5, 0.6) is 5.75 Å².